The Labute approximate surface area is 137 Å². The smallest absolute Gasteiger partial charge is 0.127 e. The summed E-state index contributed by atoms with van der Waals surface area (Å²) in [5.41, 5.74) is 2.68. The highest BCUT2D eigenvalue weighted by molar-refractivity contribution is 5.29. The number of hydrogen-bond donors (Lipinski definition) is 1. The van der Waals surface area contributed by atoms with E-state index in [1.807, 2.05) is 21.0 Å². The standard InChI is InChI=1S/C17H25FN4O/c1-13-17(20-12-19-13)11-22(8-7-21(2)3)10-14-9-15(23-4)5-6-16(14)18/h5-6,9,12H,7-8,10-11H2,1-4H3,(H,19,20). The molecular weight excluding hydrogens is 295 g/mol. The lowest BCUT2D eigenvalue weighted by Gasteiger charge is -2.24. The lowest BCUT2D eigenvalue weighted by atomic mass is 10.1. The molecule has 0 radical (unpaired) electrons. The van der Waals surface area contributed by atoms with Crippen LogP contribution in [-0.4, -0.2) is 54.1 Å². The van der Waals surface area contributed by atoms with Crippen LogP contribution in [0.2, 0.25) is 0 Å². The molecule has 0 saturated heterocycles. The van der Waals surface area contributed by atoms with E-state index in [2.05, 4.69) is 19.8 Å². The summed E-state index contributed by atoms with van der Waals surface area (Å²) in [7, 11) is 5.65. The monoisotopic (exact) mass is 320 g/mol. The summed E-state index contributed by atoms with van der Waals surface area (Å²) in [5, 5.41) is 0. The molecule has 0 bridgehead atoms. The number of H-pyrrole nitrogens is 1. The van der Waals surface area contributed by atoms with Gasteiger partial charge >= 0.3 is 0 Å². The van der Waals surface area contributed by atoms with E-state index in [4.69, 9.17) is 4.74 Å². The molecule has 23 heavy (non-hydrogen) atoms. The van der Waals surface area contributed by atoms with E-state index in [-0.39, 0.29) is 5.82 Å². The molecule has 1 N–H and O–H groups in total. The van der Waals surface area contributed by atoms with Crippen molar-refractivity contribution in [3.63, 3.8) is 0 Å². The predicted octanol–water partition coefficient (Wildman–Crippen LogP) is 2.43. The van der Waals surface area contributed by atoms with Gasteiger partial charge in [0.15, 0.2) is 0 Å². The molecule has 0 aliphatic carbocycles. The van der Waals surface area contributed by atoms with E-state index in [1.54, 1.807) is 25.6 Å². The minimum absolute atomic E-state index is 0.209. The number of halogens is 1. The normalized spacial score (nSPS) is 11.4. The number of methoxy groups -OCH3 is 1. The number of rotatable bonds is 8. The number of nitrogens with zero attached hydrogens (tertiary/aromatic N) is 3. The molecule has 0 amide bonds. The summed E-state index contributed by atoms with van der Waals surface area (Å²) < 4.78 is 19.3. The maximum atomic E-state index is 14.1. The number of likely N-dealkylation sites (N-methyl/N-ethyl adjacent to an activating group) is 1. The Bertz CT molecular complexity index is 627. The van der Waals surface area contributed by atoms with Crippen molar-refractivity contribution >= 4 is 0 Å². The van der Waals surface area contributed by atoms with Crippen LogP contribution in [0.4, 0.5) is 4.39 Å². The molecule has 0 aliphatic heterocycles. The van der Waals surface area contributed by atoms with Gasteiger partial charge < -0.3 is 14.6 Å². The predicted molar refractivity (Wildman–Crippen MR) is 88.9 cm³/mol. The second-order valence-electron chi connectivity index (χ2n) is 5.95. The third-order valence-electron chi connectivity index (χ3n) is 3.82. The van der Waals surface area contributed by atoms with E-state index in [0.29, 0.717) is 24.4 Å². The van der Waals surface area contributed by atoms with Crippen molar-refractivity contribution in [2.75, 3.05) is 34.3 Å². The van der Waals surface area contributed by atoms with E-state index < -0.39 is 0 Å². The third-order valence-corrected chi connectivity index (χ3v) is 3.82. The minimum Gasteiger partial charge on any atom is -0.497 e. The fourth-order valence-corrected chi connectivity index (χ4v) is 2.35. The van der Waals surface area contributed by atoms with Gasteiger partial charge in [-0.15, -0.1) is 0 Å². The molecule has 126 valence electrons. The molecule has 1 aromatic carbocycles. The highest BCUT2D eigenvalue weighted by Crippen LogP contribution is 2.19. The number of aromatic amines is 1. The average molecular weight is 320 g/mol. The Morgan fingerprint density at radius 2 is 2.00 bits per heavy atom. The van der Waals surface area contributed by atoms with Gasteiger partial charge in [-0.1, -0.05) is 0 Å². The zero-order chi connectivity index (χ0) is 16.8. The van der Waals surface area contributed by atoms with Crippen LogP contribution in [0.3, 0.4) is 0 Å². The van der Waals surface area contributed by atoms with Crippen LogP contribution in [0, 0.1) is 12.7 Å². The summed E-state index contributed by atoms with van der Waals surface area (Å²) in [6.45, 7) is 4.92. The first-order chi connectivity index (χ1) is 11.0. The van der Waals surface area contributed by atoms with Crippen molar-refractivity contribution in [2.24, 2.45) is 0 Å². The number of aromatic nitrogens is 2. The van der Waals surface area contributed by atoms with Crippen LogP contribution in [0.15, 0.2) is 24.5 Å². The van der Waals surface area contributed by atoms with Gasteiger partial charge in [0.25, 0.3) is 0 Å². The summed E-state index contributed by atoms with van der Waals surface area (Å²) >= 11 is 0. The largest absolute Gasteiger partial charge is 0.497 e. The fraction of sp³-hybridized carbons (Fsp3) is 0.471. The SMILES string of the molecule is COc1ccc(F)c(CN(CCN(C)C)Cc2nc[nH]c2C)c1. The van der Waals surface area contributed by atoms with Crippen molar-refractivity contribution in [3.05, 3.63) is 47.3 Å². The van der Waals surface area contributed by atoms with Crippen LogP contribution in [-0.2, 0) is 13.1 Å². The first kappa shape index (κ1) is 17.4. The number of hydrogen-bond acceptors (Lipinski definition) is 4. The molecule has 2 rings (SSSR count). The van der Waals surface area contributed by atoms with Gasteiger partial charge in [0, 0.05) is 37.4 Å². The minimum atomic E-state index is -0.209. The topological polar surface area (TPSA) is 44.4 Å². The number of benzene rings is 1. The highest BCUT2D eigenvalue weighted by Gasteiger charge is 2.14. The zero-order valence-corrected chi connectivity index (χ0v) is 14.3. The molecule has 0 fully saturated rings. The average Bonchev–Trinajstić information content (AvgIpc) is 2.92. The quantitative estimate of drug-likeness (QED) is 0.811. The second kappa shape index (κ2) is 8.08. The summed E-state index contributed by atoms with van der Waals surface area (Å²) in [5.74, 6) is 0.462. The van der Waals surface area contributed by atoms with Gasteiger partial charge in [0.05, 0.1) is 19.1 Å². The first-order valence-corrected chi connectivity index (χ1v) is 7.68. The molecular formula is C17H25FN4O. The lowest BCUT2D eigenvalue weighted by Crippen LogP contribution is -2.31. The zero-order valence-electron chi connectivity index (χ0n) is 14.3. The van der Waals surface area contributed by atoms with Gasteiger partial charge in [-0.25, -0.2) is 9.37 Å². The Morgan fingerprint density at radius 1 is 1.22 bits per heavy atom. The maximum Gasteiger partial charge on any atom is 0.127 e. The van der Waals surface area contributed by atoms with Crippen molar-refractivity contribution < 1.29 is 9.13 Å². The molecule has 1 heterocycles. The molecule has 0 aliphatic rings. The number of aryl methyl sites for hydroxylation is 1. The molecule has 2 aromatic rings. The van der Waals surface area contributed by atoms with Gasteiger partial charge in [-0.05, 0) is 39.2 Å². The number of ether oxygens (including phenoxy) is 1. The molecule has 6 heteroatoms. The Morgan fingerprint density at radius 3 is 2.61 bits per heavy atom. The Balaban J connectivity index is 2.14. The van der Waals surface area contributed by atoms with Crippen molar-refractivity contribution in [2.45, 2.75) is 20.0 Å². The van der Waals surface area contributed by atoms with Gasteiger partial charge in [-0.2, -0.15) is 0 Å². The van der Waals surface area contributed by atoms with Gasteiger partial charge in [0.2, 0.25) is 0 Å². The van der Waals surface area contributed by atoms with Crippen LogP contribution in [0.25, 0.3) is 0 Å². The highest BCUT2D eigenvalue weighted by atomic mass is 19.1. The van der Waals surface area contributed by atoms with Crippen LogP contribution in [0.5, 0.6) is 5.75 Å². The third kappa shape index (κ3) is 5.04. The molecule has 1 aromatic heterocycles. The lowest BCUT2D eigenvalue weighted by molar-refractivity contribution is 0.221. The summed E-state index contributed by atoms with van der Waals surface area (Å²) in [4.78, 5) is 11.8. The summed E-state index contributed by atoms with van der Waals surface area (Å²) in [6.07, 6.45) is 1.70. The second-order valence-corrected chi connectivity index (χ2v) is 5.95. The van der Waals surface area contributed by atoms with Gasteiger partial charge in [-0.3, -0.25) is 4.90 Å². The van der Waals surface area contributed by atoms with Gasteiger partial charge in [0.1, 0.15) is 11.6 Å². The molecule has 0 spiro atoms. The molecule has 0 saturated carbocycles. The maximum absolute atomic E-state index is 14.1. The van der Waals surface area contributed by atoms with Crippen LogP contribution in [0.1, 0.15) is 17.0 Å². The molecule has 5 nitrogen and oxygen atoms in total. The van der Waals surface area contributed by atoms with E-state index >= 15 is 0 Å². The number of imidazole rings is 1. The first-order valence-electron chi connectivity index (χ1n) is 7.68. The molecule has 0 unspecified atom stereocenters. The number of nitrogens with one attached hydrogen (secondary N) is 1. The van der Waals surface area contributed by atoms with Crippen LogP contribution < -0.4 is 4.74 Å². The van der Waals surface area contributed by atoms with E-state index in [0.717, 1.165) is 24.5 Å². The van der Waals surface area contributed by atoms with E-state index in [9.17, 15) is 4.39 Å². The Hall–Kier alpha value is -1.92. The summed E-state index contributed by atoms with van der Waals surface area (Å²) in [6, 6.07) is 4.86. The Kier molecular flexibility index (Phi) is 6.12. The van der Waals surface area contributed by atoms with Crippen molar-refractivity contribution in [1.29, 1.82) is 0 Å². The van der Waals surface area contributed by atoms with Crippen molar-refractivity contribution in [1.82, 2.24) is 19.8 Å². The van der Waals surface area contributed by atoms with Crippen molar-refractivity contribution in [3.8, 4) is 5.75 Å². The van der Waals surface area contributed by atoms with E-state index in [1.165, 1.54) is 6.07 Å². The molecule has 0 atom stereocenters. The van der Waals surface area contributed by atoms with Crippen LogP contribution >= 0.6 is 0 Å². The fourth-order valence-electron chi connectivity index (χ4n) is 2.35.